The van der Waals surface area contributed by atoms with E-state index in [2.05, 4.69) is 15.0 Å². The Bertz CT molecular complexity index is 1420. The molecule has 1 amide bonds. The van der Waals surface area contributed by atoms with Crippen molar-refractivity contribution in [2.45, 2.75) is 4.90 Å². The molecule has 4 aromatic rings. The monoisotopic (exact) mass is 467 g/mol. The van der Waals surface area contributed by atoms with Gasteiger partial charge in [-0.2, -0.15) is 0 Å². The van der Waals surface area contributed by atoms with Crippen LogP contribution in [0.5, 0.6) is 11.5 Å². The van der Waals surface area contributed by atoms with Gasteiger partial charge in [0.15, 0.2) is 11.5 Å². The van der Waals surface area contributed by atoms with E-state index in [1.165, 1.54) is 23.5 Å². The standard InChI is InChI=1S/C22H17N3O5S2/c26-22(14-1-7-18-21(11-14)31-13-23-18)24-15-2-4-16(5-3-15)25-32(27,28)17-6-8-19-20(12-17)30-10-9-29-19/h1-8,11-13,25H,9-10H2,(H,24,26). The molecule has 8 nitrogen and oxygen atoms in total. The van der Waals surface area contributed by atoms with Crippen LogP contribution in [0, 0.1) is 0 Å². The number of nitrogens with zero attached hydrogens (tertiary/aromatic N) is 1. The Morgan fingerprint density at radius 3 is 2.47 bits per heavy atom. The zero-order chi connectivity index (χ0) is 22.1. The second-order valence-electron chi connectivity index (χ2n) is 6.98. The molecule has 2 N–H and O–H groups in total. The lowest BCUT2D eigenvalue weighted by molar-refractivity contribution is 0.102. The van der Waals surface area contributed by atoms with Gasteiger partial charge >= 0.3 is 0 Å². The number of carbonyl (C=O) groups is 1. The van der Waals surface area contributed by atoms with Crippen molar-refractivity contribution in [3.8, 4) is 11.5 Å². The second kappa shape index (κ2) is 8.13. The van der Waals surface area contributed by atoms with Gasteiger partial charge in [-0.3, -0.25) is 9.52 Å². The van der Waals surface area contributed by atoms with E-state index in [9.17, 15) is 13.2 Å². The fourth-order valence-corrected chi connectivity index (χ4v) is 5.02. The van der Waals surface area contributed by atoms with Crippen LogP contribution >= 0.6 is 11.3 Å². The fourth-order valence-electron chi connectivity index (χ4n) is 3.23. The third kappa shape index (κ3) is 4.10. The van der Waals surface area contributed by atoms with Gasteiger partial charge in [-0.15, -0.1) is 11.3 Å². The summed E-state index contributed by atoms with van der Waals surface area (Å²) in [6, 6.07) is 16.2. The zero-order valence-electron chi connectivity index (χ0n) is 16.6. The van der Waals surface area contributed by atoms with Crippen LogP contribution in [0.1, 0.15) is 10.4 Å². The highest BCUT2D eigenvalue weighted by atomic mass is 32.2. The molecule has 0 saturated heterocycles. The van der Waals surface area contributed by atoms with Gasteiger partial charge in [-0.05, 0) is 54.6 Å². The van der Waals surface area contributed by atoms with Crippen molar-refractivity contribution in [1.82, 2.24) is 4.98 Å². The van der Waals surface area contributed by atoms with Crippen LogP contribution < -0.4 is 19.5 Å². The molecule has 1 aliphatic rings. The molecular formula is C22H17N3O5S2. The Morgan fingerprint density at radius 2 is 1.66 bits per heavy atom. The molecule has 0 bridgehead atoms. The summed E-state index contributed by atoms with van der Waals surface area (Å²) in [6.07, 6.45) is 0. The number of thiazole rings is 1. The summed E-state index contributed by atoms with van der Waals surface area (Å²) in [5.74, 6) is 0.656. The van der Waals surface area contributed by atoms with Gasteiger partial charge in [0.1, 0.15) is 13.2 Å². The van der Waals surface area contributed by atoms with Gasteiger partial charge < -0.3 is 14.8 Å². The van der Waals surface area contributed by atoms with Gasteiger partial charge in [0.05, 0.1) is 20.6 Å². The molecule has 0 atom stereocenters. The molecule has 162 valence electrons. The summed E-state index contributed by atoms with van der Waals surface area (Å²) < 4.78 is 39.8. The minimum absolute atomic E-state index is 0.0672. The maximum atomic E-state index is 12.7. The van der Waals surface area contributed by atoms with E-state index in [1.54, 1.807) is 54.0 Å². The van der Waals surface area contributed by atoms with Crippen molar-refractivity contribution in [3.63, 3.8) is 0 Å². The van der Waals surface area contributed by atoms with E-state index in [0.717, 1.165) is 10.2 Å². The van der Waals surface area contributed by atoms with Gasteiger partial charge in [0.25, 0.3) is 15.9 Å². The molecule has 1 aromatic heterocycles. The molecule has 5 rings (SSSR count). The molecule has 0 fully saturated rings. The van der Waals surface area contributed by atoms with Crippen LogP contribution in [-0.2, 0) is 10.0 Å². The van der Waals surface area contributed by atoms with Crippen molar-refractivity contribution in [2.24, 2.45) is 0 Å². The van der Waals surface area contributed by atoms with Gasteiger partial charge in [0.2, 0.25) is 0 Å². The number of benzene rings is 3. The molecule has 1 aliphatic heterocycles. The average molecular weight is 468 g/mol. The maximum Gasteiger partial charge on any atom is 0.262 e. The predicted molar refractivity (Wildman–Crippen MR) is 122 cm³/mol. The lowest BCUT2D eigenvalue weighted by atomic mass is 10.2. The molecular weight excluding hydrogens is 450 g/mol. The molecule has 0 aliphatic carbocycles. The van der Waals surface area contributed by atoms with Crippen LogP contribution in [0.2, 0.25) is 0 Å². The first-order valence-corrected chi connectivity index (χ1v) is 12.0. The fraction of sp³-hybridized carbons (Fsp3) is 0.0909. The van der Waals surface area contributed by atoms with Crippen LogP contribution in [0.15, 0.2) is 71.1 Å². The number of hydrogen-bond donors (Lipinski definition) is 2. The molecule has 0 unspecified atom stereocenters. The normalized spacial score (nSPS) is 13.0. The molecule has 0 radical (unpaired) electrons. The van der Waals surface area contributed by atoms with Gasteiger partial charge in [-0.1, -0.05) is 0 Å². The highest BCUT2D eigenvalue weighted by Crippen LogP contribution is 2.32. The van der Waals surface area contributed by atoms with Crippen molar-refractivity contribution >= 4 is 48.9 Å². The smallest absolute Gasteiger partial charge is 0.262 e. The van der Waals surface area contributed by atoms with Crippen LogP contribution in [0.3, 0.4) is 0 Å². The van der Waals surface area contributed by atoms with E-state index in [1.807, 2.05) is 0 Å². The van der Waals surface area contributed by atoms with Gasteiger partial charge in [-0.25, -0.2) is 13.4 Å². The first-order valence-electron chi connectivity index (χ1n) is 9.65. The van der Waals surface area contributed by atoms with Crippen molar-refractivity contribution in [3.05, 3.63) is 71.7 Å². The van der Waals surface area contributed by atoms with E-state index in [-0.39, 0.29) is 10.8 Å². The van der Waals surface area contributed by atoms with Crippen molar-refractivity contribution < 1.29 is 22.7 Å². The Hall–Kier alpha value is -3.63. The maximum absolute atomic E-state index is 12.7. The van der Waals surface area contributed by atoms with E-state index < -0.39 is 10.0 Å². The number of carbonyl (C=O) groups excluding carboxylic acids is 1. The summed E-state index contributed by atoms with van der Waals surface area (Å²) in [5.41, 5.74) is 4.01. The first kappa shape index (κ1) is 20.3. The van der Waals surface area contributed by atoms with E-state index >= 15 is 0 Å². The lowest BCUT2D eigenvalue weighted by Gasteiger charge is -2.19. The minimum atomic E-state index is -3.82. The molecule has 0 spiro atoms. The Labute approximate surface area is 187 Å². The number of sulfonamides is 1. The van der Waals surface area contributed by atoms with E-state index in [4.69, 9.17) is 9.47 Å². The molecule has 10 heteroatoms. The summed E-state index contributed by atoms with van der Waals surface area (Å²) in [7, 11) is -3.82. The quantitative estimate of drug-likeness (QED) is 0.457. The Morgan fingerprint density at radius 1 is 0.906 bits per heavy atom. The number of aromatic nitrogens is 1. The Balaban J connectivity index is 1.28. The van der Waals surface area contributed by atoms with Gasteiger partial charge in [0, 0.05) is 23.0 Å². The molecule has 32 heavy (non-hydrogen) atoms. The second-order valence-corrected chi connectivity index (χ2v) is 9.55. The number of hydrogen-bond acceptors (Lipinski definition) is 7. The summed E-state index contributed by atoms with van der Waals surface area (Å²) in [5, 5.41) is 2.81. The minimum Gasteiger partial charge on any atom is -0.486 e. The van der Waals surface area contributed by atoms with Crippen LogP contribution in [0.25, 0.3) is 10.2 Å². The summed E-state index contributed by atoms with van der Waals surface area (Å²) >= 11 is 1.47. The third-order valence-electron chi connectivity index (χ3n) is 4.81. The molecule has 2 heterocycles. The molecule has 3 aromatic carbocycles. The van der Waals surface area contributed by atoms with Crippen molar-refractivity contribution in [1.29, 1.82) is 0 Å². The number of fused-ring (bicyclic) bond motifs is 2. The third-order valence-corrected chi connectivity index (χ3v) is 6.98. The summed E-state index contributed by atoms with van der Waals surface area (Å²) in [4.78, 5) is 16.8. The highest BCUT2D eigenvalue weighted by Gasteiger charge is 2.19. The summed E-state index contributed by atoms with van der Waals surface area (Å²) in [6.45, 7) is 0.801. The highest BCUT2D eigenvalue weighted by molar-refractivity contribution is 7.92. The number of anilines is 2. The Kier molecular flexibility index (Phi) is 5.16. The lowest BCUT2D eigenvalue weighted by Crippen LogP contribution is -2.17. The van der Waals surface area contributed by atoms with Crippen LogP contribution in [-0.4, -0.2) is 32.5 Å². The van der Waals surface area contributed by atoms with Crippen molar-refractivity contribution in [2.75, 3.05) is 23.3 Å². The number of rotatable bonds is 5. The number of amides is 1. The first-order chi connectivity index (χ1) is 15.5. The molecule has 0 saturated carbocycles. The SMILES string of the molecule is O=C(Nc1ccc(NS(=O)(=O)c2ccc3c(c2)OCCO3)cc1)c1ccc2ncsc2c1. The largest absolute Gasteiger partial charge is 0.486 e. The topological polar surface area (TPSA) is 107 Å². The number of ether oxygens (including phenoxy) is 2. The van der Waals surface area contributed by atoms with E-state index in [0.29, 0.717) is 41.7 Å². The predicted octanol–water partition coefficient (Wildman–Crippen LogP) is 4.12. The zero-order valence-corrected chi connectivity index (χ0v) is 18.2. The van der Waals surface area contributed by atoms with Crippen LogP contribution in [0.4, 0.5) is 11.4 Å². The average Bonchev–Trinajstić information content (AvgIpc) is 3.28. The number of nitrogens with one attached hydrogen (secondary N) is 2.